The number of anilines is 2. The zero-order valence-corrected chi connectivity index (χ0v) is 14.3. The molecule has 0 spiro atoms. The third-order valence-corrected chi connectivity index (χ3v) is 4.46. The first-order chi connectivity index (χ1) is 9.93. The Morgan fingerprint density at radius 1 is 1.33 bits per heavy atom. The lowest BCUT2D eigenvalue weighted by molar-refractivity contribution is 0.399. The number of nitrogens with zero attached hydrogens (tertiary/aromatic N) is 2. The highest BCUT2D eigenvalue weighted by Crippen LogP contribution is 2.36. The number of aryl methyl sites for hydroxylation is 2. The summed E-state index contributed by atoms with van der Waals surface area (Å²) in [4.78, 5) is 9.05. The van der Waals surface area contributed by atoms with Gasteiger partial charge in [0.15, 0.2) is 0 Å². The van der Waals surface area contributed by atoms with Gasteiger partial charge in [-0.1, -0.05) is 0 Å². The summed E-state index contributed by atoms with van der Waals surface area (Å²) in [5.41, 5.74) is 3.33. The lowest BCUT2D eigenvalue weighted by Crippen LogP contribution is -2.15. The van der Waals surface area contributed by atoms with Crippen molar-refractivity contribution in [3.05, 3.63) is 33.6 Å². The van der Waals surface area contributed by atoms with Crippen LogP contribution in [0.1, 0.15) is 28.3 Å². The van der Waals surface area contributed by atoms with E-state index in [0.717, 1.165) is 11.4 Å². The quantitative estimate of drug-likeness (QED) is 0.905. The largest absolute Gasteiger partial charge is 0.479 e. The van der Waals surface area contributed by atoms with Crippen molar-refractivity contribution in [1.82, 2.24) is 4.98 Å². The van der Waals surface area contributed by atoms with Crippen molar-refractivity contribution >= 4 is 22.7 Å². The van der Waals surface area contributed by atoms with Crippen LogP contribution in [0.15, 0.2) is 18.3 Å². The maximum absolute atomic E-state index is 5.41. The van der Waals surface area contributed by atoms with Gasteiger partial charge < -0.3 is 15.0 Å². The van der Waals surface area contributed by atoms with Crippen LogP contribution in [0.25, 0.3) is 0 Å². The molecule has 2 aromatic rings. The molecule has 0 fully saturated rings. The Balaban J connectivity index is 2.36. The summed E-state index contributed by atoms with van der Waals surface area (Å²) in [5.74, 6) is 0.623. The summed E-state index contributed by atoms with van der Waals surface area (Å²) >= 11 is 1.83. The van der Waals surface area contributed by atoms with E-state index in [-0.39, 0.29) is 6.04 Å². The molecule has 0 aliphatic carbocycles. The molecular weight excluding hydrogens is 282 g/mol. The average molecular weight is 305 g/mol. The van der Waals surface area contributed by atoms with Crippen molar-refractivity contribution in [1.29, 1.82) is 0 Å². The molecule has 1 unspecified atom stereocenters. The second-order valence-corrected chi connectivity index (χ2v) is 6.80. The first-order valence-corrected chi connectivity index (χ1v) is 7.79. The van der Waals surface area contributed by atoms with Crippen LogP contribution in [-0.4, -0.2) is 26.2 Å². The van der Waals surface area contributed by atoms with Crippen LogP contribution in [0.2, 0.25) is 0 Å². The van der Waals surface area contributed by atoms with Crippen LogP contribution < -0.4 is 15.0 Å². The molecule has 4 nitrogen and oxygen atoms in total. The van der Waals surface area contributed by atoms with Crippen LogP contribution >= 0.6 is 11.3 Å². The van der Waals surface area contributed by atoms with Crippen molar-refractivity contribution in [3.8, 4) is 5.88 Å². The highest BCUT2D eigenvalue weighted by molar-refractivity contribution is 7.12. The molecule has 0 aliphatic rings. The molecule has 0 aliphatic heterocycles. The first-order valence-electron chi connectivity index (χ1n) is 6.97. The van der Waals surface area contributed by atoms with E-state index in [1.807, 2.05) is 31.5 Å². The maximum atomic E-state index is 5.41. The van der Waals surface area contributed by atoms with Crippen molar-refractivity contribution in [2.75, 3.05) is 31.4 Å². The van der Waals surface area contributed by atoms with Gasteiger partial charge in [-0.05, 0) is 38.5 Å². The fourth-order valence-electron chi connectivity index (χ4n) is 2.47. The number of methoxy groups -OCH3 is 1. The highest BCUT2D eigenvalue weighted by Gasteiger charge is 2.17. The zero-order valence-electron chi connectivity index (χ0n) is 13.5. The Morgan fingerprint density at radius 3 is 2.57 bits per heavy atom. The maximum Gasteiger partial charge on any atom is 0.239 e. The lowest BCUT2D eigenvalue weighted by Gasteiger charge is -2.23. The van der Waals surface area contributed by atoms with E-state index < -0.39 is 0 Å². The molecule has 0 radical (unpaired) electrons. The Labute approximate surface area is 130 Å². The fourth-order valence-corrected chi connectivity index (χ4v) is 3.49. The van der Waals surface area contributed by atoms with Gasteiger partial charge in [-0.2, -0.15) is 0 Å². The van der Waals surface area contributed by atoms with E-state index in [2.05, 4.69) is 42.0 Å². The van der Waals surface area contributed by atoms with Crippen LogP contribution in [0, 0.1) is 13.8 Å². The Morgan fingerprint density at radius 2 is 2.05 bits per heavy atom. The van der Waals surface area contributed by atoms with E-state index in [9.17, 15) is 0 Å². The predicted molar refractivity (Wildman–Crippen MR) is 90.9 cm³/mol. The Bertz CT molecular complexity index is 622. The molecule has 1 atom stereocenters. The number of pyridine rings is 1. The van der Waals surface area contributed by atoms with Gasteiger partial charge in [-0.15, -0.1) is 11.3 Å². The number of hydrogen-bond donors (Lipinski definition) is 1. The minimum absolute atomic E-state index is 0.201. The number of aromatic nitrogens is 1. The molecule has 114 valence electrons. The van der Waals surface area contributed by atoms with Gasteiger partial charge in [0.25, 0.3) is 0 Å². The molecule has 0 saturated heterocycles. The lowest BCUT2D eigenvalue weighted by atomic mass is 10.1. The Kier molecular flexibility index (Phi) is 4.73. The number of ether oxygens (including phenoxy) is 1. The van der Waals surface area contributed by atoms with Gasteiger partial charge in [0.1, 0.15) is 5.69 Å². The van der Waals surface area contributed by atoms with E-state index in [1.54, 1.807) is 13.3 Å². The normalized spacial score (nSPS) is 12.1. The zero-order chi connectivity index (χ0) is 15.6. The highest BCUT2D eigenvalue weighted by atomic mass is 32.1. The van der Waals surface area contributed by atoms with Crippen molar-refractivity contribution < 1.29 is 4.74 Å². The van der Waals surface area contributed by atoms with E-state index in [0.29, 0.717) is 5.88 Å². The van der Waals surface area contributed by atoms with Crippen molar-refractivity contribution in [3.63, 3.8) is 0 Å². The molecule has 0 aromatic carbocycles. The fraction of sp³-hybridized carbons (Fsp3) is 0.438. The molecule has 2 rings (SSSR count). The minimum atomic E-state index is 0.201. The second kappa shape index (κ2) is 6.35. The van der Waals surface area contributed by atoms with Gasteiger partial charge in [0.2, 0.25) is 5.88 Å². The molecule has 5 heteroatoms. The van der Waals surface area contributed by atoms with Gasteiger partial charge in [0.05, 0.1) is 12.8 Å². The van der Waals surface area contributed by atoms with Crippen molar-refractivity contribution in [2.45, 2.75) is 26.8 Å². The Hall–Kier alpha value is -1.75. The smallest absolute Gasteiger partial charge is 0.239 e. The number of thiophene rings is 1. The summed E-state index contributed by atoms with van der Waals surface area (Å²) < 4.78 is 5.41. The van der Waals surface area contributed by atoms with E-state index in [4.69, 9.17) is 4.74 Å². The molecular formula is C16H23N3OS. The summed E-state index contributed by atoms with van der Waals surface area (Å²) in [6.07, 6.45) is 1.77. The van der Waals surface area contributed by atoms with Gasteiger partial charge >= 0.3 is 0 Å². The summed E-state index contributed by atoms with van der Waals surface area (Å²) in [6.45, 7) is 6.47. The molecule has 2 aromatic heterocycles. The topological polar surface area (TPSA) is 37.4 Å². The van der Waals surface area contributed by atoms with Crippen LogP contribution in [-0.2, 0) is 0 Å². The van der Waals surface area contributed by atoms with Crippen LogP contribution in [0.5, 0.6) is 5.88 Å². The third kappa shape index (κ3) is 3.29. The van der Waals surface area contributed by atoms with Crippen LogP contribution in [0.4, 0.5) is 11.4 Å². The average Bonchev–Trinajstić information content (AvgIpc) is 2.77. The van der Waals surface area contributed by atoms with Gasteiger partial charge in [-0.3, -0.25) is 0 Å². The standard InChI is InChI=1S/C16H23N3OS/c1-10-9-13(12(3)21-10)11(2)18-15-14(19(4)5)7-8-17-16(15)20-6/h7-9,11,18H,1-6H3. The summed E-state index contributed by atoms with van der Waals surface area (Å²) in [5, 5.41) is 3.56. The first kappa shape index (κ1) is 15.6. The monoisotopic (exact) mass is 305 g/mol. The number of hydrogen-bond acceptors (Lipinski definition) is 5. The molecule has 0 saturated carbocycles. The molecule has 21 heavy (non-hydrogen) atoms. The van der Waals surface area contributed by atoms with Crippen molar-refractivity contribution in [2.24, 2.45) is 0 Å². The third-order valence-electron chi connectivity index (χ3n) is 3.48. The van der Waals surface area contributed by atoms with Gasteiger partial charge in [-0.25, -0.2) is 4.98 Å². The molecule has 1 N–H and O–H groups in total. The molecule has 0 bridgehead atoms. The number of rotatable bonds is 5. The minimum Gasteiger partial charge on any atom is -0.479 e. The van der Waals surface area contributed by atoms with Crippen LogP contribution in [0.3, 0.4) is 0 Å². The number of nitrogens with one attached hydrogen (secondary N) is 1. The summed E-state index contributed by atoms with van der Waals surface area (Å²) in [6, 6.07) is 4.44. The SMILES string of the molecule is COc1nccc(N(C)C)c1NC(C)c1cc(C)sc1C. The predicted octanol–water partition coefficient (Wildman–Crippen LogP) is 4.01. The van der Waals surface area contributed by atoms with Gasteiger partial charge in [0, 0.05) is 36.1 Å². The molecule has 0 amide bonds. The van der Waals surface area contributed by atoms with E-state index in [1.165, 1.54) is 15.3 Å². The molecule has 2 heterocycles. The summed E-state index contributed by atoms with van der Waals surface area (Å²) in [7, 11) is 5.69. The second-order valence-electron chi connectivity index (χ2n) is 5.34. The van der Waals surface area contributed by atoms with E-state index >= 15 is 0 Å².